The normalized spacial score (nSPS) is 16.3. The summed E-state index contributed by atoms with van der Waals surface area (Å²) >= 11 is 0. The van der Waals surface area contributed by atoms with Crippen LogP contribution in [-0.2, 0) is 26.8 Å². The van der Waals surface area contributed by atoms with Crippen LogP contribution in [0.1, 0.15) is 18.9 Å². The Hall–Kier alpha value is -3.04. The summed E-state index contributed by atoms with van der Waals surface area (Å²) in [4.78, 5) is 19.1. The lowest BCUT2D eigenvalue weighted by Crippen LogP contribution is -2.64. The molecule has 0 spiro atoms. The fraction of sp³-hybridized carbons (Fsp3) is 0.438. The average molecular weight is 405 g/mol. The van der Waals surface area contributed by atoms with Crippen LogP contribution in [0.15, 0.2) is 18.7 Å². The molecule has 28 heavy (non-hydrogen) atoms. The highest BCUT2D eigenvalue weighted by molar-refractivity contribution is 7.89. The first-order chi connectivity index (χ1) is 13.2. The third kappa shape index (κ3) is 3.41. The Morgan fingerprint density at radius 2 is 2.14 bits per heavy atom. The maximum absolute atomic E-state index is 12.0. The number of rotatable bonds is 7. The second kappa shape index (κ2) is 7.17. The van der Waals surface area contributed by atoms with Gasteiger partial charge in [0.05, 0.1) is 36.6 Å². The first-order valence-electron chi connectivity index (χ1n) is 8.44. The van der Waals surface area contributed by atoms with E-state index in [4.69, 9.17) is 10.8 Å². The predicted octanol–water partition coefficient (Wildman–Crippen LogP) is -0.176. The molecule has 0 radical (unpaired) electrons. The highest BCUT2D eigenvalue weighted by atomic mass is 32.2. The molecule has 0 amide bonds. The summed E-state index contributed by atoms with van der Waals surface area (Å²) in [5.41, 5.74) is 6.15. The highest BCUT2D eigenvalue weighted by Crippen LogP contribution is 2.35. The number of hydrogen-bond acceptors (Lipinski definition) is 8. The van der Waals surface area contributed by atoms with Gasteiger partial charge >= 0.3 is 5.97 Å². The summed E-state index contributed by atoms with van der Waals surface area (Å²) in [7, 11) is -3.35. The van der Waals surface area contributed by atoms with Crippen molar-refractivity contribution in [3.05, 3.63) is 24.3 Å². The first-order valence-corrected chi connectivity index (χ1v) is 10.0. The van der Waals surface area contributed by atoms with Crippen LogP contribution in [0.2, 0.25) is 0 Å². The smallest absolute Gasteiger partial charge is 0.308 e. The Balaban J connectivity index is 1.95. The molecule has 1 fully saturated rings. The van der Waals surface area contributed by atoms with Gasteiger partial charge in [-0.1, -0.05) is 0 Å². The van der Waals surface area contributed by atoms with Crippen LogP contribution in [-0.4, -0.2) is 62.4 Å². The van der Waals surface area contributed by atoms with Crippen molar-refractivity contribution in [2.45, 2.75) is 25.3 Å². The second-order valence-corrected chi connectivity index (χ2v) is 8.82. The van der Waals surface area contributed by atoms with E-state index >= 15 is 0 Å². The van der Waals surface area contributed by atoms with Gasteiger partial charge in [-0.3, -0.25) is 9.48 Å². The molecule has 0 atom stereocenters. The fourth-order valence-electron chi connectivity index (χ4n) is 3.18. The Morgan fingerprint density at radius 1 is 1.43 bits per heavy atom. The molecule has 3 N–H and O–H groups in total. The molecular formula is C16H19N7O4S. The minimum atomic E-state index is -3.35. The summed E-state index contributed by atoms with van der Waals surface area (Å²) in [5, 5.41) is 22.6. The van der Waals surface area contributed by atoms with Crippen molar-refractivity contribution in [2.24, 2.45) is 0 Å². The topological polar surface area (TPSA) is 168 Å². The van der Waals surface area contributed by atoms with E-state index in [2.05, 4.69) is 21.1 Å². The van der Waals surface area contributed by atoms with E-state index in [-0.39, 0.29) is 43.1 Å². The molecule has 1 saturated heterocycles. The monoisotopic (exact) mass is 405 g/mol. The van der Waals surface area contributed by atoms with Crippen molar-refractivity contribution in [1.29, 1.82) is 5.26 Å². The van der Waals surface area contributed by atoms with E-state index in [0.29, 0.717) is 11.3 Å². The minimum absolute atomic E-state index is 0.0151. The largest absolute Gasteiger partial charge is 0.481 e. The zero-order valence-corrected chi connectivity index (χ0v) is 15.9. The van der Waals surface area contributed by atoms with Crippen LogP contribution >= 0.6 is 0 Å². The molecule has 11 nitrogen and oxygen atoms in total. The lowest BCUT2D eigenvalue weighted by atomic mass is 9.89. The summed E-state index contributed by atoms with van der Waals surface area (Å²) in [5.74, 6) is -1.02. The number of anilines is 1. The number of aromatic nitrogens is 4. The number of sulfonamides is 1. The maximum atomic E-state index is 12.0. The van der Waals surface area contributed by atoms with Crippen LogP contribution < -0.4 is 5.73 Å². The minimum Gasteiger partial charge on any atom is -0.481 e. The molecule has 0 unspecified atom stereocenters. The third-order valence-corrected chi connectivity index (χ3v) is 6.53. The molecule has 12 heteroatoms. The standard InChI is InChI=1S/C16H19N7O4S/c1-2-28(26,27)22-8-16(9-22,3-4-17)23-7-11(6-21-23)14-12(5-13(24)25)15(18)20-10-19-14/h6-7,10H,2-3,5,8-9H2,1H3,(H,24,25)(H2,18,19,20). The van der Waals surface area contributed by atoms with Gasteiger partial charge in [-0.2, -0.15) is 14.7 Å². The predicted molar refractivity (Wildman–Crippen MR) is 98.2 cm³/mol. The van der Waals surface area contributed by atoms with Gasteiger partial charge in [0.15, 0.2) is 0 Å². The Bertz CT molecular complexity index is 1050. The number of aliphatic carboxylic acids is 1. The van der Waals surface area contributed by atoms with Crippen LogP contribution in [0.4, 0.5) is 5.82 Å². The second-order valence-electron chi connectivity index (χ2n) is 6.56. The molecule has 1 aliphatic rings. The van der Waals surface area contributed by atoms with Gasteiger partial charge in [0.25, 0.3) is 0 Å². The van der Waals surface area contributed by atoms with Crippen molar-refractivity contribution < 1.29 is 18.3 Å². The van der Waals surface area contributed by atoms with Crippen LogP contribution in [0, 0.1) is 11.3 Å². The SMILES string of the molecule is CCS(=O)(=O)N1CC(CC#N)(n2cc(-c3ncnc(N)c3CC(=O)O)cn2)C1. The third-order valence-electron chi connectivity index (χ3n) is 4.76. The zero-order valence-electron chi connectivity index (χ0n) is 15.1. The van der Waals surface area contributed by atoms with Gasteiger partial charge in [0, 0.05) is 30.4 Å². The molecule has 3 heterocycles. The summed E-state index contributed by atoms with van der Waals surface area (Å²) in [6.45, 7) is 1.85. The van der Waals surface area contributed by atoms with E-state index in [9.17, 15) is 18.5 Å². The van der Waals surface area contributed by atoms with Crippen molar-refractivity contribution in [2.75, 3.05) is 24.6 Å². The summed E-state index contributed by atoms with van der Waals surface area (Å²) in [6.07, 6.45) is 4.08. The number of nitrogen functional groups attached to an aromatic ring is 1. The quantitative estimate of drug-likeness (QED) is 0.635. The summed E-state index contributed by atoms with van der Waals surface area (Å²) < 4.78 is 27.0. The molecule has 2 aromatic heterocycles. The van der Waals surface area contributed by atoms with Gasteiger partial charge in [0.1, 0.15) is 17.7 Å². The molecular weight excluding hydrogens is 386 g/mol. The van der Waals surface area contributed by atoms with Gasteiger partial charge in [-0.05, 0) is 6.92 Å². The first kappa shape index (κ1) is 19.7. The average Bonchev–Trinajstić information content (AvgIpc) is 3.09. The number of carboxylic acid groups (broad SMARTS) is 1. The molecule has 148 valence electrons. The van der Waals surface area contributed by atoms with E-state index in [0.717, 1.165) is 0 Å². The van der Waals surface area contributed by atoms with Gasteiger partial charge in [-0.15, -0.1) is 0 Å². The van der Waals surface area contributed by atoms with Gasteiger partial charge in [-0.25, -0.2) is 18.4 Å². The van der Waals surface area contributed by atoms with E-state index in [1.165, 1.54) is 16.8 Å². The van der Waals surface area contributed by atoms with Crippen molar-refractivity contribution >= 4 is 21.8 Å². The van der Waals surface area contributed by atoms with Crippen LogP contribution in [0.3, 0.4) is 0 Å². The maximum Gasteiger partial charge on any atom is 0.308 e. The molecule has 0 aromatic carbocycles. The molecule has 3 rings (SSSR count). The Morgan fingerprint density at radius 3 is 2.75 bits per heavy atom. The summed E-state index contributed by atoms with van der Waals surface area (Å²) in [6, 6.07) is 2.09. The molecule has 0 aliphatic carbocycles. The van der Waals surface area contributed by atoms with Crippen LogP contribution in [0.25, 0.3) is 11.3 Å². The van der Waals surface area contributed by atoms with E-state index < -0.39 is 21.5 Å². The molecule has 1 aliphatic heterocycles. The van der Waals surface area contributed by atoms with Gasteiger partial charge < -0.3 is 10.8 Å². The molecule has 2 aromatic rings. The zero-order chi connectivity index (χ0) is 20.5. The Labute approximate surface area is 161 Å². The number of nitrogens with two attached hydrogens (primary N) is 1. The number of carboxylic acids is 1. The Kier molecular flexibility index (Phi) is 5.05. The van der Waals surface area contributed by atoms with Crippen molar-refractivity contribution in [3.8, 4) is 17.3 Å². The molecule has 0 saturated carbocycles. The van der Waals surface area contributed by atoms with Gasteiger partial charge in [0.2, 0.25) is 10.0 Å². The fourth-order valence-corrected chi connectivity index (χ4v) is 4.42. The molecule has 0 bridgehead atoms. The van der Waals surface area contributed by atoms with Crippen molar-refractivity contribution in [1.82, 2.24) is 24.1 Å². The highest BCUT2D eigenvalue weighted by Gasteiger charge is 2.49. The number of nitriles is 1. The number of nitrogens with zero attached hydrogens (tertiary/aromatic N) is 6. The van der Waals surface area contributed by atoms with E-state index in [1.54, 1.807) is 17.8 Å². The van der Waals surface area contributed by atoms with E-state index in [1.807, 2.05) is 0 Å². The number of carbonyl (C=O) groups is 1. The van der Waals surface area contributed by atoms with Crippen molar-refractivity contribution in [3.63, 3.8) is 0 Å². The lowest BCUT2D eigenvalue weighted by molar-refractivity contribution is -0.136. The lowest BCUT2D eigenvalue weighted by Gasteiger charge is -2.47. The van der Waals surface area contributed by atoms with Crippen LogP contribution in [0.5, 0.6) is 0 Å². The number of hydrogen-bond donors (Lipinski definition) is 2.